The quantitative estimate of drug-likeness (QED) is 0.0698. The first-order chi connectivity index (χ1) is 30.1. The molecule has 326 valence electrons. The highest BCUT2D eigenvalue weighted by Gasteiger charge is 2.23. The van der Waals surface area contributed by atoms with E-state index in [1.807, 2.05) is 24.3 Å². The van der Waals surface area contributed by atoms with Gasteiger partial charge in [0.2, 0.25) is 0 Å². The van der Waals surface area contributed by atoms with Crippen LogP contribution in [0.5, 0.6) is 11.5 Å². The van der Waals surface area contributed by atoms with Gasteiger partial charge in [0.25, 0.3) is 0 Å². The van der Waals surface area contributed by atoms with Crippen LogP contribution in [0.1, 0.15) is 208 Å². The normalized spacial score (nSPS) is 18.4. The molecule has 0 saturated heterocycles. The third-order valence-electron chi connectivity index (χ3n) is 12.8. The van der Waals surface area contributed by atoms with Crippen LogP contribution in [0, 0.1) is 35.5 Å². The van der Waals surface area contributed by atoms with Crippen LogP contribution in [0.2, 0.25) is 0 Å². The van der Waals surface area contributed by atoms with Gasteiger partial charge < -0.3 is 9.47 Å². The summed E-state index contributed by atoms with van der Waals surface area (Å²) >= 11 is 0. The summed E-state index contributed by atoms with van der Waals surface area (Å²) in [6.45, 7) is 10.4. The van der Waals surface area contributed by atoms with E-state index < -0.39 is 0 Å². The number of nitrogens with zero attached hydrogens (tertiary/aromatic N) is 2. The van der Waals surface area contributed by atoms with E-state index in [1.54, 1.807) is 12.4 Å². The van der Waals surface area contributed by atoms with Gasteiger partial charge in [0, 0.05) is 11.1 Å². The maximum atomic E-state index is 5.72. The van der Waals surface area contributed by atoms with Gasteiger partial charge in [0.15, 0.2) is 0 Å². The molecule has 6 rings (SSSR count). The summed E-state index contributed by atoms with van der Waals surface area (Å²) in [6.07, 6.45) is 31.4. The van der Waals surface area contributed by atoms with Crippen LogP contribution in [0.4, 0.5) is 0 Å². The zero-order valence-corrected chi connectivity index (χ0v) is 38.4. The van der Waals surface area contributed by atoms with Gasteiger partial charge in [-0.1, -0.05) is 134 Å². The van der Waals surface area contributed by atoms with Gasteiger partial charge in [-0.15, -0.1) is 0 Å². The van der Waals surface area contributed by atoms with Gasteiger partial charge in [-0.05, 0) is 159 Å². The Kier molecular flexibility index (Phi) is 21.9. The van der Waals surface area contributed by atoms with E-state index in [2.05, 4.69) is 110 Å². The smallest absolute Gasteiger partial charge is 0.137 e. The minimum atomic E-state index is 0.732. The number of rotatable bonds is 19. The number of benzene rings is 2. The number of unbranched alkanes of at least 4 members (excludes halogenated alkanes) is 7. The minimum absolute atomic E-state index is 0.732. The summed E-state index contributed by atoms with van der Waals surface area (Å²) in [7, 11) is 0. The molecule has 0 radical (unpaired) electrons. The first kappa shape index (κ1) is 47.5. The molecule has 0 aliphatic heterocycles. The fraction of sp³-hybridized carbons (Fsp3) is 0.544. The Hall–Kier alpha value is -4.54. The lowest BCUT2D eigenvalue weighted by Crippen LogP contribution is -2.13. The van der Waals surface area contributed by atoms with Crippen LogP contribution < -0.4 is 9.47 Å². The van der Waals surface area contributed by atoms with Gasteiger partial charge in [0.1, 0.15) is 22.9 Å². The number of pyridine rings is 2. The van der Waals surface area contributed by atoms with Gasteiger partial charge >= 0.3 is 0 Å². The molecular formula is C57H76N2O2. The molecule has 2 fully saturated rings. The average molecular weight is 821 g/mol. The Morgan fingerprint density at radius 3 is 1.20 bits per heavy atom. The Morgan fingerprint density at radius 1 is 0.426 bits per heavy atom. The number of hydrogen-bond donors (Lipinski definition) is 0. The van der Waals surface area contributed by atoms with Crippen molar-refractivity contribution in [1.29, 1.82) is 0 Å². The zero-order valence-electron chi connectivity index (χ0n) is 38.4. The van der Waals surface area contributed by atoms with Crippen molar-refractivity contribution in [3.05, 3.63) is 119 Å². The highest BCUT2D eigenvalue weighted by atomic mass is 16.5. The maximum Gasteiger partial charge on any atom is 0.137 e. The lowest BCUT2D eigenvalue weighted by molar-refractivity contribution is 0.303. The Labute approximate surface area is 371 Å². The molecule has 4 heteroatoms. The molecule has 0 bridgehead atoms. The van der Waals surface area contributed by atoms with E-state index in [0.29, 0.717) is 0 Å². The van der Waals surface area contributed by atoms with Crippen LogP contribution in [0.15, 0.2) is 85.2 Å². The molecule has 0 spiro atoms. The van der Waals surface area contributed by atoms with Crippen molar-refractivity contribution in [3.8, 4) is 35.2 Å². The Morgan fingerprint density at radius 2 is 0.820 bits per heavy atom. The van der Waals surface area contributed by atoms with Crippen LogP contribution in [-0.4, -0.2) is 23.2 Å². The van der Waals surface area contributed by atoms with Crippen molar-refractivity contribution in [3.63, 3.8) is 0 Å². The van der Waals surface area contributed by atoms with E-state index in [-0.39, 0.29) is 0 Å². The van der Waals surface area contributed by atoms with E-state index >= 15 is 0 Å². The third kappa shape index (κ3) is 17.8. The third-order valence-corrected chi connectivity index (χ3v) is 12.8. The van der Waals surface area contributed by atoms with E-state index in [4.69, 9.17) is 9.47 Å². The second-order valence-corrected chi connectivity index (χ2v) is 17.7. The van der Waals surface area contributed by atoms with E-state index in [1.165, 1.54) is 127 Å². The van der Waals surface area contributed by atoms with Gasteiger partial charge in [-0.25, -0.2) is 9.97 Å². The van der Waals surface area contributed by atoms with E-state index in [0.717, 1.165) is 90.2 Å². The van der Waals surface area contributed by atoms with Crippen molar-refractivity contribution in [2.45, 2.75) is 174 Å². The summed E-state index contributed by atoms with van der Waals surface area (Å²) in [5, 5.41) is 0. The number of hydrogen-bond acceptors (Lipinski definition) is 4. The first-order valence-electron chi connectivity index (χ1n) is 24.5. The minimum Gasteiger partial charge on any atom is -0.492 e. The van der Waals surface area contributed by atoms with E-state index in [9.17, 15) is 0 Å². The van der Waals surface area contributed by atoms with Crippen molar-refractivity contribution in [2.75, 3.05) is 13.2 Å². The standard InChI is InChI=1S/C29H39NO.C28H37NO/c1-3-5-7-9-24-10-15-26(16-11-24)27-17-12-25(13-18-27)14-19-28-20-21-29(23-30-28)31-22-8-6-4-2;1-3-5-7-8-23-9-14-25(15-10-23)26-16-11-24(12-17-26)13-18-27-19-20-28(22-29-27)30-21-6-4-2/h12-13,17-18,20-21,23-24,26H,3-11,15-16,22H2,1-2H3;11-12,16-17,19-20,22-23,25H,3-10,14-15,21H2,1-2H3/t24-,26-;23-,25-. The van der Waals surface area contributed by atoms with Crippen LogP contribution >= 0.6 is 0 Å². The highest BCUT2D eigenvalue weighted by Crippen LogP contribution is 2.39. The highest BCUT2D eigenvalue weighted by molar-refractivity contribution is 5.43. The molecule has 2 aromatic heterocycles. The largest absolute Gasteiger partial charge is 0.492 e. The summed E-state index contributed by atoms with van der Waals surface area (Å²) in [4.78, 5) is 8.82. The van der Waals surface area contributed by atoms with Crippen LogP contribution in [0.25, 0.3) is 0 Å². The summed E-state index contributed by atoms with van der Waals surface area (Å²) in [5.74, 6) is 17.9. The van der Waals surface area contributed by atoms with Gasteiger partial charge in [0.05, 0.1) is 25.6 Å². The molecule has 61 heavy (non-hydrogen) atoms. The Balaban J connectivity index is 0.000000231. The molecule has 0 amide bonds. The molecule has 0 N–H and O–H groups in total. The predicted octanol–water partition coefficient (Wildman–Crippen LogP) is 15.4. The molecule has 2 aliphatic carbocycles. The molecule has 2 aliphatic rings. The topological polar surface area (TPSA) is 44.2 Å². The monoisotopic (exact) mass is 821 g/mol. The summed E-state index contributed by atoms with van der Waals surface area (Å²) in [6, 6.07) is 25.6. The van der Waals surface area contributed by atoms with Gasteiger partial charge in [-0.2, -0.15) is 0 Å². The first-order valence-corrected chi connectivity index (χ1v) is 24.5. The second-order valence-electron chi connectivity index (χ2n) is 17.7. The zero-order chi connectivity index (χ0) is 42.7. The SMILES string of the molecule is CCCCCOc1ccc(C#Cc2ccc([C@H]3CC[C@H](CCCCC)CC3)cc2)nc1.CCCCC[C@H]1CC[C@H](c2ccc(C#Cc3ccc(OCCCC)cn3)cc2)CC1. The molecule has 4 nitrogen and oxygen atoms in total. The molecule has 0 atom stereocenters. The molecule has 2 heterocycles. The average Bonchev–Trinajstić information content (AvgIpc) is 3.31. The van der Waals surface area contributed by atoms with Crippen molar-refractivity contribution in [1.82, 2.24) is 9.97 Å². The fourth-order valence-corrected chi connectivity index (χ4v) is 8.84. The van der Waals surface area contributed by atoms with Crippen molar-refractivity contribution < 1.29 is 9.47 Å². The summed E-state index contributed by atoms with van der Waals surface area (Å²) in [5.41, 5.74) is 6.64. The summed E-state index contributed by atoms with van der Waals surface area (Å²) < 4.78 is 11.4. The van der Waals surface area contributed by atoms with Gasteiger partial charge in [-0.3, -0.25) is 0 Å². The molecule has 0 unspecified atom stereocenters. The number of ether oxygens (including phenoxy) is 2. The maximum absolute atomic E-state index is 5.72. The lowest BCUT2D eigenvalue weighted by Gasteiger charge is -2.29. The predicted molar refractivity (Wildman–Crippen MR) is 256 cm³/mol. The molecular weight excluding hydrogens is 745 g/mol. The van der Waals surface area contributed by atoms with Crippen molar-refractivity contribution >= 4 is 0 Å². The second kappa shape index (κ2) is 28.1. The molecule has 2 aromatic carbocycles. The van der Waals surface area contributed by atoms with Crippen LogP contribution in [-0.2, 0) is 0 Å². The molecule has 2 saturated carbocycles. The molecule has 4 aromatic rings. The Bertz CT molecular complexity index is 1880. The fourth-order valence-electron chi connectivity index (χ4n) is 8.84. The van der Waals surface area contributed by atoms with Crippen molar-refractivity contribution in [2.24, 2.45) is 11.8 Å². The van der Waals surface area contributed by atoms with Crippen LogP contribution in [0.3, 0.4) is 0 Å². The lowest BCUT2D eigenvalue weighted by atomic mass is 9.77. The number of aromatic nitrogens is 2.